The second-order valence-corrected chi connectivity index (χ2v) is 3.49. The third-order valence-corrected chi connectivity index (χ3v) is 2.20. The van der Waals surface area contributed by atoms with Crippen molar-refractivity contribution in [1.82, 2.24) is 9.88 Å². The Labute approximate surface area is 85.4 Å². The van der Waals surface area contributed by atoms with E-state index < -0.39 is 0 Å². The van der Waals surface area contributed by atoms with E-state index in [1.54, 1.807) is 6.20 Å². The molecule has 3 heteroatoms. The van der Waals surface area contributed by atoms with Crippen molar-refractivity contribution in [2.75, 3.05) is 26.7 Å². The van der Waals surface area contributed by atoms with Crippen molar-refractivity contribution in [3.8, 4) is 0 Å². The SMILES string of the molecule is CN(CCCO)CCc1cccnc1. The summed E-state index contributed by atoms with van der Waals surface area (Å²) in [6.45, 7) is 2.25. The van der Waals surface area contributed by atoms with Gasteiger partial charge in [-0.1, -0.05) is 6.07 Å². The minimum atomic E-state index is 0.275. The number of likely N-dealkylation sites (N-methyl/N-ethyl adjacent to an activating group) is 1. The van der Waals surface area contributed by atoms with Gasteiger partial charge in [0.05, 0.1) is 0 Å². The molecule has 1 rings (SSSR count). The maximum Gasteiger partial charge on any atom is 0.0443 e. The summed E-state index contributed by atoms with van der Waals surface area (Å²) in [5.74, 6) is 0. The summed E-state index contributed by atoms with van der Waals surface area (Å²) < 4.78 is 0. The molecule has 78 valence electrons. The van der Waals surface area contributed by atoms with Crippen LogP contribution in [0.3, 0.4) is 0 Å². The van der Waals surface area contributed by atoms with Gasteiger partial charge in [0.2, 0.25) is 0 Å². The minimum absolute atomic E-state index is 0.275. The van der Waals surface area contributed by atoms with Crippen LogP contribution in [0.15, 0.2) is 24.5 Å². The van der Waals surface area contributed by atoms with Gasteiger partial charge in [-0.15, -0.1) is 0 Å². The third-order valence-electron chi connectivity index (χ3n) is 2.20. The van der Waals surface area contributed by atoms with E-state index in [2.05, 4.69) is 23.0 Å². The summed E-state index contributed by atoms with van der Waals surface area (Å²) in [7, 11) is 2.08. The maximum atomic E-state index is 8.66. The van der Waals surface area contributed by atoms with Crippen LogP contribution in [0, 0.1) is 0 Å². The standard InChI is InChI=1S/C11H18N2O/c1-13(7-3-9-14)8-5-11-4-2-6-12-10-11/h2,4,6,10,14H,3,5,7-9H2,1H3. The molecule has 1 aromatic rings. The van der Waals surface area contributed by atoms with Crippen LogP contribution in [0.4, 0.5) is 0 Å². The van der Waals surface area contributed by atoms with E-state index in [0.717, 1.165) is 25.9 Å². The molecule has 0 aromatic carbocycles. The zero-order valence-electron chi connectivity index (χ0n) is 8.69. The van der Waals surface area contributed by atoms with Crippen LogP contribution in [-0.4, -0.2) is 41.7 Å². The van der Waals surface area contributed by atoms with Crippen LogP contribution in [0.2, 0.25) is 0 Å². The largest absolute Gasteiger partial charge is 0.396 e. The molecule has 3 nitrogen and oxygen atoms in total. The molecule has 0 saturated heterocycles. The van der Waals surface area contributed by atoms with E-state index in [-0.39, 0.29) is 6.61 Å². The summed E-state index contributed by atoms with van der Waals surface area (Å²) in [5, 5.41) is 8.66. The summed E-state index contributed by atoms with van der Waals surface area (Å²) in [5.41, 5.74) is 1.27. The highest BCUT2D eigenvalue weighted by molar-refractivity contribution is 5.08. The number of aliphatic hydroxyl groups excluding tert-OH is 1. The first-order valence-electron chi connectivity index (χ1n) is 5.01. The minimum Gasteiger partial charge on any atom is -0.396 e. The van der Waals surface area contributed by atoms with Gasteiger partial charge in [-0.3, -0.25) is 4.98 Å². The Morgan fingerprint density at radius 2 is 2.29 bits per heavy atom. The summed E-state index contributed by atoms with van der Waals surface area (Å²) in [6, 6.07) is 4.05. The predicted molar refractivity (Wildman–Crippen MR) is 57.1 cm³/mol. The van der Waals surface area contributed by atoms with Gasteiger partial charge < -0.3 is 10.0 Å². The number of aromatic nitrogens is 1. The van der Waals surface area contributed by atoms with Gasteiger partial charge in [0.1, 0.15) is 0 Å². The van der Waals surface area contributed by atoms with Gasteiger partial charge in [-0.2, -0.15) is 0 Å². The molecule has 0 atom stereocenters. The number of nitrogens with zero attached hydrogens (tertiary/aromatic N) is 2. The molecule has 0 aliphatic carbocycles. The summed E-state index contributed by atoms with van der Waals surface area (Å²) in [6.07, 6.45) is 5.57. The van der Waals surface area contributed by atoms with Crippen LogP contribution in [-0.2, 0) is 6.42 Å². The van der Waals surface area contributed by atoms with Crippen molar-refractivity contribution in [2.24, 2.45) is 0 Å². The topological polar surface area (TPSA) is 36.4 Å². The van der Waals surface area contributed by atoms with E-state index >= 15 is 0 Å². The zero-order valence-corrected chi connectivity index (χ0v) is 8.69. The molecule has 1 heterocycles. The third kappa shape index (κ3) is 4.35. The summed E-state index contributed by atoms with van der Waals surface area (Å²) >= 11 is 0. The van der Waals surface area contributed by atoms with Crippen molar-refractivity contribution >= 4 is 0 Å². The average Bonchev–Trinajstić information content (AvgIpc) is 2.25. The number of rotatable bonds is 6. The van der Waals surface area contributed by atoms with Gasteiger partial charge in [-0.05, 0) is 31.5 Å². The Kier molecular flexibility index (Phi) is 5.19. The highest BCUT2D eigenvalue weighted by Gasteiger charge is 1.98. The molecule has 14 heavy (non-hydrogen) atoms. The molecule has 0 saturated carbocycles. The van der Waals surface area contributed by atoms with Gasteiger partial charge in [0, 0.05) is 32.1 Å². The van der Waals surface area contributed by atoms with E-state index in [0.29, 0.717) is 0 Å². The Balaban J connectivity index is 2.20. The molecule has 0 spiro atoms. The molecule has 1 aromatic heterocycles. The molecule has 0 fully saturated rings. The smallest absolute Gasteiger partial charge is 0.0443 e. The predicted octanol–water partition coefficient (Wildman–Crippen LogP) is 0.938. The normalized spacial score (nSPS) is 10.8. The van der Waals surface area contributed by atoms with Crippen molar-refractivity contribution in [2.45, 2.75) is 12.8 Å². The lowest BCUT2D eigenvalue weighted by Gasteiger charge is -2.15. The monoisotopic (exact) mass is 194 g/mol. The van der Waals surface area contributed by atoms with Crippen molar-refractivity contribution in [1.29, 1.82) is 0 Å². The lowest BCUT2D eigenvalue weighted by atomic mass is 10.2. The average molecular weight is 194 g/mol. The van der Waals surface area contributed by atoms with Crippen LogP contribution < -0.4 is 0 Å². The van der Waals surface area contributed by atoms with Crippen molar-refractivity contribution < 1.29 is 5.11 Å². The lowest BCUT2D eigenvalue weighted by molar-refractivity contribution is 0.248. The fourth-order valence-electron chi connectivity index (χ4n) is 1.32. The van der Waals surface area contributed by atoms with Gasteiger partial charge >= 0.3 is 0 Å². The van der Waals surface area contributed by atoms with E-state index in [1.807, 2.05) is 12.3 Å². The first-order chi connectivity index (χ1) is 6.83. The van der Waals surface area contributed by atoms with E-state index in [1.165, 1.54) is 5.56 Å². The maximum absolute atomic E-state index is 8.66. The zero-order chi connectivity index (χ0) is 10.2. The quantitative estimate of drug-likeness (QED) is 0.732. The van der Waals surface area contributed by atoms with Gasteiger partial charge in [0.15, 0.2) is 0 Å². The molecule has 1 N–H and O–H groups in total. The summed E-state index contributed by atoms with van der Waals surface area (Å²) in [4.78, 5) is 6.29. The van der Waals surface area contributed by atoms with Crippen LogP contribution in [0.5, 0.6) is 0 Å². The first kappa shape index (κ1) is 11.1. The number of hydrogen-bond donors (Lipinski definition) is 1. The fraction of sp³-hybridized carbons (Fsp3) is 0.545. The lowest BCUT2D eigenvalue weighted by Crippen LogP contribution is -2.23. The van der Waals surface area contributed by atoms with Crippen LogP contribution in [0.25, 0.3) is 0 Å². The second-order valence-electron chi connectivity index (χ2n) is 3.49. The number of pyridine rings is 1. The van der Waals surface area contributed by atoms with E-state index in [9.17, 15) is 0 Å². The van der Waals surface area contributed by atoms with Gasteiger partial charge in [-0.25, -0.2) is 0 Å². The molecular weight excluding hydrogens is 176 g/mol. The Bertz CT molecular complexity index is 238. The molecule has 0 aliphatic heterocycles. The first-order valence-corrected chi connectivity index (χ1v) is 5.01. The Hall–Kier alpha value is -0.930. The molecule has 0 unspecified atom stereocenters. The molecule has 0 bridgehead atoms. The fourth-order valence-corrected chi connectivity index (χ4v) is 1.32. The van der Waals surface area contributed by atoms with Crippen molar-refractivity contribution in [3.63, 3.8) is 0 Å². The Morgan fingerprint density at radius 3 is 2.93 bits per heavy atom. The number of hydrogen-bond acceptors (Lipinski definition) is 3. The van der Waals surface area contributed by atoms with Crippen LogP contribution >= 0.6 is 0 Å². The van der Waals surface area contributed by atoms with Crippen LogP contribution in [0.1, 0.15) is 12.0 Å². The molecule has 0 amide bonds. The Morgan fingerprint density at radius 1 is 1.43 bits per heavy atom. The highest BCUT2D eigenvalue weighted by atomic mass is 16.3. The molecule has 0 radical (unpaired) electrons. The second kappa shape index (κ2) is 6.51. The van der Waals surface area contributed by atoms with Gasteiger partial charge in [0.25, 0.3) is 0 Å². The van der Waals surface area contributed by atoms with E-state index in [4.69, 9.17) is 5.11 Å². The molecular formula is C11H18N2O. The molecule has 0 aliphatic rings. The number of aliphatic hydroxyl groups is 1. The van der Waals surface area contributed by atoms with Crippen molar-refractivity contribution in [3.05, 3.63) is 30.1 Å². The highest BCUT2D eigenvalue weighted by Crippen LogP contribution is 1.98.